The van der Waals surface area contributed by atoms with Crippen molar-refractivity contribution in [1.29, 1.82) is 0 Å². The Labute approximate surface area is 145 Å². The molecule has 2 aliphatic heterocycles. The van der Waals surface area contributed by atoms with Crippen molar-refractivity contribution in [3.05, 3.63) is 0 Å². The number of nitrogens with zero attached hydrogens (tertiary/aromatic N) is 3. The second kappa shape index (κ2) is 9.22. The average Bonchev–Trinajstić information content (AvgIpc) is 2.77. The van der Waals surface area contributed by atoms with E-state index in [9.17, 15) is 9.59 Å². The van der Waals surface area contributed by atoms with Crippen molar-refractivity contribution in [2.24, 2.45) is 0 Å². The zero-order valence-electron chi connectivity index (χ0n) is 15.3. The molecule has 3 amide bonds. The maximum atomic E-state index is 12.6. The number of ether oxygens (including phenoxy) is 1. The van der Waals surface area contributed by atoms with Gasteiger partial charge in [0, 0.05) is 44.8 Å². The number of hydrogen-bond donors (Lipinski definition) is 1. The summed E-state index contributed by atoms with van der Waals surface area (Å²) in [6.07, 6.45) is 1.79. The molecule has 0 saturated carbocycles. The van der Waals surface area contributed by atoms with Crippen LogP contribution in [0.5, 0.6) is 0 Å². The number of hydrogen-bond acceptors (Lipinski definition) is 4. The van der Waals surface area contributed by atoms with E-state index < -0.39 is 0 Å². The number of rotatable bonds is 5. The predicted octanol–water partition coefficient (Wildman–Crippen LogP) is 0.750. The summed E-state index contributed by atoms with van der Waals surface area (Å²) >= 11 is 0. The topological polar surface area (TPSA) is 65.1 Å². The normalized spacial score (nSPS) is 22.9. The molecule has 2 aliphatic rings. The molecule has 0 radical (unpaired) electrons. The molecular weight excluding hydrogens is 308 g/mol. The quantitative estimate of drug-likeness (QED) is 0.802. The lowest BCUT2D eigenvalue weighted by Crippen LogP contribution is -2.55. The van der Waals surface area contributed by atoms with Gasteiger partial charge in [0.1, 0.15) is 6.54 Å². The highest BCUT2D eigenvalue weighted by Crippen LogP contribution is 2.10. The van der Waals surface area contributed by atoms with Gasteiger partial charge in [0.05, 0.1) is 13.2 Å². The number of nitrogens with one attached hydrogen (secondary N) is 1. The van der Waals surface area contributed by atoms with E-state index in [1.54, 1.807) is 4.90 Å². The van der Waals surface area contributed by atoms with Gasteiger partial charge in [-0.15, -0.1) is 0 Å². The Kier molecular flexibility index (Phi) is 7.30. The van der Waals surface area contributed by atoms with Crippen molar-refractivity contribution in [1.82, 2.24) is 20.0 Å². The van der Waals surface area contributed by atoms with Crippen LogP contribution in [0.3, 0.4) is 0 Å². The first-order valence-electron chi connectivity index (χ1n) is 9.18. The highest BCUT2D eigenvalue weighted by Gasteiger charge is 2.28. The largest absolute Gasteiger partial charge is 0.379 e. The Morgan fingerprint density at radius 1 is 1.21 bits per heavy atom. The summed E-state index contributed by atoms with van der Waals surface area (Å²) in [5.74, 6) is 0.0541. The van der Waals surface area contributed by atoms with Crippen LogP contribution in [0.15, 0.2) is 0 Å². The third-order valence-electron chi connectivity index (χ3n) is 5.01. The average molecular weight is 340 g/mol. The van der Waals surface area contributed by atoms with E-state index in [0.29, 0.717) is 6.54 Å². The summed E-state index contributed by atoms with van der Waals surface area (Å²) in [4.78, 5) is 30.7. The Morgan fingerprint density at radius 3 is 2.58 bits per heavy atom. The minimum atomic E-state index is -0.130. The zero-order valence-corrected chi connectivity index (χ0v) is 15.3. The molecule has 7 nitrogen and oxygen atoms in total. The van der Waals surface area contributed by atoms with Gasteiger partial charge in [-0.05, 0) is 26.7 Å². The van der Waals surface area contributed by atoms with Gasteiger partial charge in [0.15, 0.2) is 0 Å². The van der Waals surface area contributed by atoms with E-state index in [4.69, 9.17) is 4.74 Å². The lowest BCUT2D eigenvalue weighted by atomic mass is 10.1. The van der Waals surface area contributed by atoms with Crippen LogP contribution in [0.4, 0.5) is 4.79 Å². The molecule has 1 N–H and O–H groups in total. The van der Waals surface area contributed by atoms with Gasteiger partial charge in [-0.3, -0.25) is 9.69 Å². The fourth-order valence-electron chi connectivity index (χ4n) is 3.31. The van der Waals surface area contributed by atoms with E-state index in [1.165, 1.54) is 0 Å². The minimum absolute atomic E-state index is 0.0284. The lowest BCUT2D eigenvalue weighted by molar-refractivity contribution is -0.130. The van der Waals surface area contributed by atoms with Crippen LogP contribution in [0, 0.1) is 0 Å². The fraction of sp³-hybridized carbons (Fsp3) is 0.882. The third kappa shape index (κ3) is 5.08. The number of amides is 3. The van der Waals surface area contributed by atoms with Gasteiger partial charge in [-0.25, -0.2) is 4.79 Å². The van der Waals surface area contributed by atoms with Gasteiger partial charge >= 0.3 is 6.03 Å². The van der Waals surface area contributed by atoms with E-state index in [0.717, 1.165) is 52.2 Å². The third-order valence-corrected chi connectivity index (χ3v) is 5.01. The Morgan fingerprint density at radius 2 is 1.92 bits per heavy atom. The summed E-state index contributed by atoms with van der Waals surface area (Å²) in [7, 11) is 0. The second-order valence-electron chi connectivity index (χ2n) is 6.78. The van der Waals surface area contributed by atoms with Gasteiger partial charge in [-0.2, -0.15) is 0 Å². The smallest absolute Gasteiger partial charge is 0.318 e. The monoisotopic (exact) mass is 340 g/mol. The Balaban J connectivity index is 1.85. The molecule has 24 heavy (non-hydrogen) atoms. The second-order valence-corrected chi connectivity index (χ2v) is 6.78. The summed E-state index contributed by atoms with van der Waals surface area (Å²) in [5, 5.41) is 3.08. The fourth-order valence-corrected chi connectivity index (χ4v) is 3.31. The van der Waals surface area contributed by atoms with Gasteiger partial charge in [0.2, 0.25) is 5.91 Å². The van der Waals surface area contributed by atoms with Crippen molar-refractivity contribution in [2.75, 3.05) is 52.5 Å². The molecule has 0 spiro atoms. The maximum Gasteiger partial charge on any atom is 0.318 e. The summed E-state index contributed by atoms with van der Waals surface area (Å²) in [6.45, 7) is 11.9. The molecule has 0 bridgehead atoms. The number of urea groups is 1. The first kappa shape index (κ1) is 19.0. The van der Waals surface area contributed by atoms with Gasteiger partial charge < -0.3 is 19.9 Å². The molecule has 0 aliphatic carbocycles. The van der Waals surface area contributed by atoms with Crippen molar-refractivity contribution >= 4 is 11.9 Å². The molecule has 2 rings (SSSR count). The van der Waals surface area contributed by atoms with Crippen LogP contribution >= 0.6 is 0 Å². The molecule has 138 valence electrons. The number of morpholine rings is 1. The summed E-state index contributed by atoms with van der Waals surface area (Å²) in [6, 6.07) is 0.145. The van der Waals surface area contributed by atoms with Crippen LogP contribution in [0.2, 0.25) is 0 Å². The molecule has 0 aromatic heterocycles. The first-order valence-corrected chi connectivity index (χ1v) is 9.18. The van der Waals surface area contributed by atoms with E-state index in [1.807, 2.05) is 11.8 Å². The Hall–Kier alpha value is -1.34. The van der Waals surface area contributed by atoms with E-state index >= 15 is 0 Å². The molecule has 2 heterocycles. The number of carbonyl (C=O) groups is 2. The predicted molar refractivity (Wildman–Crippen MR) is 92.9 cm³/mol. The molecule has 2 fully saturated rings. The molecule has 0 aromatic carbocycles. The van der Waals surface area contributed by atoms with Crippen LogP contribution < -0.4 is 5.32 Å². The first-order chi connectivity index (χ1) is 11.5. The van der Waals surface area contributed by atoms with E-state index in [-0.39, 0.29) is 30.6 Å². The molecule has 2 saturated heterocycles. The summed E-state index contributed by atoms with van der Waals surface area (Å²) < 4.78 is 5.38. The number of carbonyl (C=O) groups excluding carboxylic acids is 2. The van der Waals surface area contributed by atoms with Crippen LogP contribution in [0.25, 0.3) is 0 Å². The molecule has 0 unspecified atom stereocenters. The summed E-state index contributed by atoms with van der Waals surface area (Å²) in [5.41, 5.74) is 0. The SMILES string of the molecule is CCCN1CCCN(C(=O)N[C@@H](C)[C@H](C)N2CCOCC2)CC1=O. The highest BCUT2D eigenvalue weighted by atomic mass is 16.5. The van der Waals surface area contributed by atoms with Gasteiger partial charge in [-0.1, -0.05) is 6.92 Å². The molecular formula is C17H32N4O3. The minimum Gasteiger partial charge on any atom is -0.379 e. The maximum absolute atomic E-state index is 12.6. The van der Waals surface area contributed by atoms with Crippen LogP contribution in [-0.2, 0) is 9.53 Å². The molecule has 2 atom stereocenters. The van der Waals surface area contributed by atoms with Crippen molar-refractivity contribution in [3.8, 4) is 0 Å². The highest BCUT2D eigenvalue weighted by molar-refractivity contribution is 5.84. The van der Waals surface area contributed by atoms with E-state index in [2.05, 4.69) is 24.1 Å². The zero-order chi connectivity index (χ0) is 17.5. The van der Waals surface area contributed by atoms with Crippen LogP contribution in [0.1, 0.15) is 33.6 Å². The molecule has 0 aromatic rings. The molecule has 7 heteroatoms. The Bertz CT molecular complexity index is 426. The van der Waals surface area contributed by atoms with Crippen molar-refractivity contribution in [3.63, 3.8) is 0 Å². The lowest BCUT2D eigenvalue weighted by Gasteiger charge is -2.36. The standard InChI is InChI=1S/C17H32N4O3/c1-4-6-20-7-5-8-21(13-16(20)22)17(23)18-14(2)15(3)19-9-11-24-12-10-19/h14-15H,4-13H2,1-3H3,(H,18,23)/t14-,15-/m0/s1. The van der Waals surface area contributed by atoms with Crippen LogP contribution in [-0.4, -0.2) is 91.2 Å². The van der Waals surface area contributed by atoms with Gasteiger partial charge in [0.25, 0.3) is 0 Å². The van der Waals surface area contributed by atoms with Crippen molar-refractivity contribution < 1.29 is 14.3 Å². The van der Waals surface area contributed by atoms with Crippen molar-refractivity contribution in [2.45, 2.75) is 45.7 Å².